The summed E-state index contributed by atoms with van der Waals surface area (Å²) < 4.78 is 6.71. The molecule has 5 rings (SSSR count). The zero-order valence-corrected chi connectivity index (χ0v) is 18.7. The van der Waals surface area contributed by atoms with Crippen molar-refractivity contribution >= 4 is 17.1 Å². The van der Waals surface area contributed by atoms with E-state index in [0.29, 0.717) is 24.2 Å². The van der Waals surface area contributed by atoms with Crippen LogP contribution in [0.15, 0.2) is 53.3 Å². The topological polar surface area (TPSA) is 117 Å². The Kier molecular flexibility index (Phi) is 5.59. The zero-order valence-electron chi connectivity index (χ0n) is 18.7. The Morgan fingerprint density at radius 3 is 2.71 bits per heavy atom. The number of aromatic hydroxyl groups is 1. The number of aromatic nitrogens is 2. The maximum Gasteiger partial charge on any atom is 0.511 e. The fourth-order valence-corrected chi connectivity index (χ4v) is 4.74. The lowest BCUT2D eigenvalue weighted by Gasteiger charge is -2.13. The van der Waals surface area contributed by atoms with Crippen LogP contribution in [0.2, 0.25) is 0 Å². The van der Waals surface area contributed by atoms with Gasteiger partial charge in [-0.15, -0.1) is 0 Å². The number of aromatic amines is 1. The summed E-state index contributed by atoms with van der Waals surface area (Å²) in [5.74, 6) is -0.991. The minimum atomic E-state index is -1.64. The van der Waals surface area contributed by atoms with E-state index in [1.165, 1.54) is 5.56 Å². The van der Waals surface area contributed by atoms with Gasteiger partial charge in [0.2, 0.25) is 5.75 Å². The van der Waals surface area contributed by atoms with Gasteiger partial charge in [0.25, 0.3) is 5.56 Å². The number of pyridine rings is 1. The maximum absolute atomic E-state index is 12.5. The van der Waals surface area contributed by atoms with Crippen LogP contribution in [-0.4, -0.2) is 25.9 Å². The molecule has 8 heteroatoms. The van der Waals surface area contributed by atoms with Crippen LogP contribution in [0.25, 0.3) is 22.2 Å². The van der Waals surface area contributed by atoms with Crippen LogP contribution < -0.4 is 15.6 Å². The van der Waals surface area contributed by atoms with Crippen molar-refractivity contribution in [2.45, 2.75) is 32.4 Å². The lowest BCUT2D eigenvalue weighted by atomic mass is 9.99. The SMILES string of the molecule is Cn1c(CNCc2ccccc2)cc2cc3c(cc21)CCCc1c-3[nH]c(=O)c(OC(=O)O)c1O. The Morgan fingerprint density at radius 1 is 1.15 bits per heavy atom. The van der Waals surface area contributed by atoms with Crippen LogP contribution in [0.3, 0.4) is 0 Å². The molecule has 0 saturated carbocycles. The third-order valence-corrected chi connectivity index (χ3v) is 6.42. The van der Waals surface area contributed by atoms with E-state index in [-0.39, 0.29) is 0 Å². The third-order valence-electron chi connectivity index (χ3n) is 6.42. The Morgan fingerprint density at radius 2 is 1.94 bits per heavy atom. The Bertz CT molecular complexity index is 1450. The first-order chi connectivity index (χ1) is 16.4. The van der Waals surface area contributed by atoms with Crippen molar-refractivity contribution in [1.82, 2.24) is 14.9 Å². The minimum Gasteiger partial charge on any atom is -0.504 e. The predicted molar refractivity (Wildman–Crippen MR) is 128 cm³/mol. The molecule has 0 spiro atoms. The zero-order chi connectivity index (χ0) is 23.8. The molecule has 0 unspecified atom stereocenters. The molecule has 0 aliphatic heterocycles. The van der Waals surface area contributed by atoms with Crippen LogP contribution in [0.4, 0.5) is 4.79 Å². The molecule has 0 amide bonds. The second kappa shape index (κ2) is 8.72. The molecule has 0 radical (unpaired) electrons. The average molecular weight is 460 g/mol. The summed E-state index contributed by atoms with van der Waals surface area (Å²) >= 11 is 0. The number of ether oxygens (including phenoxy) is 1. The summed E-state index contributed by atoms with van der Waals surface area (Å²) in [4.78, 5) is 26.2. The largest absolute Gasteiger partial charge is 0.511 e. The monoisotopic (exact) mass is 459 g/mol. The molecule has 34 heavy (non-hydrogen) atoms. The summed E-state index contributed by atoms with van der Waals surface area (Å²) in [7, 11) is 2.04. The molecule has 2 aromatic heterocycles. The van der Waals surface area contributed by atoms with Crippen molar-refractivity contribution in [3.8, 4) is 22.8 Å². The van der Waals surface area contributed by atoms with Gasteiger partial charge in [-0.1, -0.05) is 30.3 Å². The second-order valence-electron chi connectivity index (χ2n) is 8.56. The first kappa shape index (κ1) is 21.8. The summed E-state index contributed by atoms with van der Waals surface area (Å²) in [6.45, 7) is 1.47. The molecule has 8 nitrogen and oxygen atoms in total. The van der Waals surface area contributed by atoms with E-state index in [4.69, 9.17) is 5.11 Å². The molecule has 2 heterocycles. The molecule has 4 aromatic rings. The number of carboxylic acid groups (broad SMARTS) is 1. The van der Waals surface area contributed by atoms with Gasteiger partial charge in [0, 0.05) is 47.9 Å². The fraction of sp³-hybridized carbons (Fsp3) is 0.231. The number of nitrogens with zero attached hydrogens (tertiary/aromatic N) is 1. The lowest BCUT2D eigenvalue weighted by Crippen LogP contribution is -2.17. The lowest BCUT2D eigenvalue weighted by molar-refractivity contribution is 0.142. The third kappa shape index (κ3) is 3.92. The highest BCUT2D eigenvalue weighted by Crippen LogP contribution is 2.40. The number of hydrogen-bond acceptors (Lipinski definition) is 5. The normalized spacial score (nSPS) is 12.7. The van der Waals surface area contributed by atoms with Crippen molar-refractivity contribution in [3.05, 3.63) is 81.3 Å². The van der Waals surface area contributed by atoms with Crippen LogP contribution in [0, 0.1) is 0 Å². The van der Waals surface area contributed by atoms with E-state index in [2.05, 4.69) is 43.9 Å². The Labute approximate surface area is 195 Å². The standard InChI is InChI=1S/C26H25N3O5/c1-29-18(14-27-13-15-6-3-2-4-7-15)10-17-11-20-16(12-21(17)29)8-5-9-19-22(20)28-25(31)24(23(19)30)34-26(32)33/h2-4,6-7,10-12,27H,5,8-9,13-14H2,1H3,(H,32,33)(H2,28,30,31). The van der Waals surface area contributed by atoms with Crippen LogP contribution in [-0.2, 0) is 33.0 Å². The van der Waals surface area contributed by atoms with E-state index >= 15 is 0 Å². The molecule has 0 saturated heterocycles. The fourth-order valence-electron chi connectivity index (χ4n) is 4.74. The number of nitrogens with one attached hydrogen (secondary N) is 2. The molecule has 0 fully saturated rings. The van der Waals surface area contributed by atoms with Gasteiger partial charge in [-0.25, -0.2) is 4.79 Å². The number of rotatable bonds is 5. The number of hydrogen-bond donors (Lipinski definition) is 4. The quantitative estimate of drug-likeness (QED) is 0.334. The van der Waals surface area contributed by atoms with E-state index in [9.17, 15) is 14.7 Å². The predicted octanol–water partition coefficient (Wildman–Crippen LogP) is 4.07. The van der Waals surface area contributed by atoms with Gasteiger partial charge < -0.3 is 29.8 Å². The number of H-pyrrole nitrogens is 1. The molecular weight excluding hydrogens is 434 g/mol. The smallest absolute Gasteiger partial charge is 0.504 e. The van der Waals surface area contributed by atoms with Gasteiger partial charge in [0.05, 0.1) is 5.69 Å². The minimum absolute atomic E-state index is 0.409. The molecular formula is C26H25N3O5. The van der Waals surface area contributed by atoms with Crippen molar-refractivity contribution in [2.24, 2.45) is 7.05 Å². The van der Waals surface area contributed by atoms with Crippen molar-refractivity contribution in [1.29, 1.82) is 0 Å². The van der Waals surface area contributed by atoms with Gasteiger partial charge >= 0.3 is 6.16 Å². The van der Waals surface area contributed by atoms with Gasteiger partial charge in [0.15, 0.2) is 5.75 Å². The Hall–Kier alpha value is -4.04. The van der Waals surface area contributed by atoms with Crippen molar-refractivity contribution in [3.63, 3.8) is 0 Å². The van der Waals surface area contributed by atoms with Crippen LogP contribution in [0.1, 0.15) is 28.8 Å². The highest BCUT2D eigenvalue weighted by Gasteiger charge is 2.25. The van der Waals surface area contributed by atoms with E-state index in [1.807, 2.05) is 31.3 Å². The van der Waals surface area contributed by atoms with Crippen molar-refractivity contribution < 1.29 is 19.7 Å². The molecule has 2 aromatic carbocycles. The van der Waals surface area contributed by atoms with E-state index in [0.717, 1.165) is 47.1 Å². The van der Waals surface area contributed by atoms with Gasteiger partial charge in [-0.2, -0.15) is 0 Å². The maximum atomic E-state index is 12.5. The van der Waals surface area contributed by atoms with Gasteiger partial charge in [0.1, 0.15) is 0 Å². The number of aryl methyl sites for hydroxylation is 2. The number of carbonyl (C=O) groups is 1. The van der Waals surface area contributed by atoms with E-state index < -0.39 is 23.2 Å². The molecule has 1 aliphatic carbocycles. The summed E-state index contributed by atoms with van der Waals surface area (Å²) in [5.41, 5.74) is 5.59. The number of benzene rings is 2. The summed E-state index contributed by atoms with van der Waals surface area (Å²) in [6.07, 6.45) is 0.360. The summed E-state index contributed by atoms with van der Waals surface area (Å²) in [6, 6.07) is 16.5. The molecule has 0 bridgehead atoms. The van der Waals surface area contributed by atoms with Crippen LogP contribution in [0.5, 0.6) is 11.5 Å². The average Bonchev–Trinajstić information content (AvgIpc) is 3.00. The number of fused-ring (bicyclic) bond motifs is 4. The molecule has 0 atom stereocenters. The molecule has 4 N–H and O–H groups in total. The van der Waals surface area contributed by atoms with E-state index in [1.54, 1.807) is 0 Å². The highest BCUT2D eigenvalue weighted by atomic mass is 16.7. The van der Waals surface area contributed by atoms with Crippen LogP contribution >= 0.6 is 0 Å². The molecule has 174 valence electrons. The first-order valence-corrected chi connectivity index (χ1v) is 11.2. The first-order valence-electron chi connectivity index (χ1n) is 11.2. The Balaban J connectivity index is 1.52. The molecule has 1 aliphatic rings. The van der Waals surface area contributed by atoms with Crippen molar-refractivity contribution in [2.75, 3.05) is 0 Å². The highest BCUT2D eigenvalue weighted by molar-refractivity contribution is 5.89. The van der Waals surface area contributed by atoms with Gasteiger partial charge in [-0.05, 0) is 48.6 Å². The van der Waals surface area contributed by atoms with Gasteiger partial charge in [-0.3, -0.25) is 4.79 Å². The summed E-state index contributed by atoms with van der Waals surface area (Å²) in [5, 5.41) is 24.1. The second-order valence-corrected chi connectivity index (χ2v) is 8.56.